The fourth-order valence-electron chi connectivity index (χ4n) is 1.33. The molecule has 0 aliphatic carbocycles. The fourth-order valence-corrected chi connectivity index (χ4v) is 1.33. The molecule has 88 valence electrons. The summed E-state index contributed by atoms with van der Waals surface area (Å²) in [4.78, 5) is 0. The molecule has 0 amide bonds. The van der Waals surface area contributed by atoms with Gasteiger partial charge in [-0.25, -0.2) is 5.84 Å². The number of nitrogens with two attached hydrogens (primary N) is 2. The van der Waals surface area contributed by atoms with Gasteiger partial charge in [-0.05, 0) is 24.6 Å². The number of nitrogens with zero attached hydrogens (tertiary/aromatic N) is 1. The minimum absolute atomic E-state index is 0.601. The Morgan fingerprint density at radius 2 is 2.25 bits per heavy atom. The molecule has 1 aromatic rings. The largest absolute Gasteiger partial charge is 0.401 e. The minimum atomic E-state index is 0.601. The van der Waals surface area contributed by atoms with Crippen molar-refractivity contribution >= 4 is 5.69 Å². The van der Waals surface area contributed by atoms with Crippen molar-refractivity contribution in [2.45, 2.75) is 13.3 Å². The van der Waals surface area contributed by atoms with E-state index in [4.69, 9.17) is 16.3 Å². The predicted molar refractivity (Wildman–Crippen MR) is 66.6 cm³/mol. The number of hydrogen-bond acceptors (Lipinski definition) is 4. The lowest BCUT2D eigenvalue weighted by molar-refractivity contribution is 0.202. The first-order chi connectivity index (χ1) is 7.63. The maximum Gasteiger partial charge on any atom is 0.0571 e. The Labute approximate surface area is 96.5 Å². The molecule has 0 saturated carbocycles. The Morgan fingerprint density at radius 1 is 1.50 bits per heavy atom. The SMILES string of the molecule is COCC/C(N)=C/N(N)c1cccc(C)c1. The number of hydrogen-bond donors (Lipinski definition) is 2. The molecule has 0 aliphatic rings. The average molecular weight is 221 g/mol. The lowest BCUT2D eigenvalue weighted by Gasteiger charge is -2.15. The zero-order valence-electron chi connectivity index (χ0n) is 9.81. The Hall–Kier alpha value is -1.52. The minimum Gasteiger partial charge on any atom is -0.401 e. The molecule has 0 unspecified atom stereocenters. The van der Waals surface area contributed by atoms with Crippen molar-refractivity contribution in [3.8, 4) is 0 Å². The molecule has 0 aromatic heterocycles. The molecule has 1 rings (SSSR count). The molecule has 1 aromatic carbocycles. The first-order valence-electron chi connectivity index (χ1n) is 5.19. The second-order valence-corrected chi connectivity index (χ2v) is 3.69. The second kappa shape index (κ2) is 6.15. The summed E-state index contributed by atoms with van der Waals surface area (Å²) < 4.78 is 4.94. The van der Waals surface area contributed by atoms with Crippen molar-refractivity contribution in [2.24, 2.45) is 11.6 Å². The highest BCUT2D eigenvalue weighted by Gasteiger charge is 1.99. The Morgan fingerprint density at radius 3 is 2.88 bits per heavy atom. The van der Waals surface area contributed by atoms with Gasteiger partial charge in [0.2, 0.25) is 0 Å². The van der Waals surface area contributed by atoms with Crippen LogP contribution in [0.2, 0.25) is 0 Å². The van der Waals surface area contributed by atoms with Crippen LogP contribution < -0.4 is 16.6 Å². The average Bonchev–Trinajstić information content (AvgIpc) is 2.26. The van der Waals surface area contributed by atoms with Crippen LogP contribution >= 0.6 is 0 Å². The molecule has 0 fully saturated rings. The molecule has 16 heavy (non-hydrogen) atoms. The monoisotopic (exact) mass is 221 g/mol. The van der Waals surface area contributed by atoms with Gasteiger partial charge in [0.05, 0.1) is 12.3 Å². The van der Waals surface area contributed by atoms with Gasteiger partial charge in [0.25, 0.3) is 0 Å². The zero-order chi connectivity index (χ0) is 12.0. The summed E-state index contributed by atoms with van der Waals surface area (Å²) >= 11 is 0. The number of aryl methyl sites for hydroxylation is 1. The first-order valence-corrected chi connectivity index (χ1v) is 5.19. The van der Waals surface area contributed by atoms with Gasteiger partial charge < -0.3 is 10.5 Å². The quantitative estimate of drug-likeness (QED) is 0.584. The Kier molecular flexibility index (Phi) is 4.82. The maximum atomic E-state index is 5.87. The highest BCUT2D eigenvalue weighted by atomic mass is 16.5. The molecule has 0 aliphatic heterocycles. The van der Waals surface area contributed by atoms with Crippen molar-refractivity contribution < 1.29 is 4.74 Å². The molecule has 0 radical (unpaired) electrons. The molecule has 4 heteroatoms. The molecule has 4 N–H and O–H groups in total. The number of rotatable bonds is 5. The normalized spacial score (nSPS) is 11.6. The molecule has 0 atom stereocenters. The number of methoxy groups -OCH3 is 1. The van der Waals surface area contributed by atoms with Gasteiger partial charge in [0.1, 0.15) is 0 Å². The van der Waals surface area contributed by atoms with Gasteiger partial charge >= 0.3 is 0 Å². The van der Waals surface area contributed by atoms with E-state index in [1.54, 1.807) is 13.3 Å². The van der Waals surface area contributed by atoms with Crippen LogP contribution in [0.1, 0.15) is 12.0 Å². The number of hydrazine groups is 1. The summed E-state index contributed by atoms with van der Waals surface area (Å²) in [6.45, 7) is 2.62. The van der Waals surface area contributed by atoms with Crippen LogP contribution in [0.15, 0.2) is 36.2 Å². The molecular weight excluding hydrogens is 202 g/mol. The first kappa shape index (κ1) is 12.5. The summed E-state index contributed by atoms with van der Waals surface area (Å²) in [5.41, 5.74) is 8.58. The third-order valence-electron chi connectivity index (χ3n) is 2.20. The molecule has 4 nitrogen and oxygen atoms in total. The summed E-state index contributed by atoms with van der Waals surface area (Å²) in [6.07, 6.45) is 2.39. The number of ether oxygens (including phenoxy) is 1. The van der Waals surface area contributed by atoms with E-state index >= 15 is 0 Å². The van der Waals surface area contributed by atoms with E-state index in [-0.39, 0.29) is 0 Å². The van der Waals surface area contributed by atoms with Crippen LogP contribution in [-0.2, 0) is 4.74 Å². The predicted octanol–water partition coefficient (Wildman–Crippen LogP) is 1.51. The van der Waals surface area contributed by atoms with Crippen LogP contribution in [0.25, 0.3) is 0 Å². The molecular formula is C12H19N3O. The highest BCUT2D eigenvalue weighted by molar-refractivity contribution is 5.49. The van der Waals surface area contributed by atoms with Crippen molar-refractivity contribution in [2.75, 3.05) is 18.7 Å². The fraction of sp³-hybridized carbons (Fsp3) is 0.333. The van der Waals surface area contributed by atoms with E-state index in [1.165, 1.54) is 5.01 Å². The van der Waals surface area contributed by atoms with E-state index in [0.29, 0.717) is 18.7 Å². The van der Waals surface area contributed by atoms with Gasteiger partial charge in [-0.15, -0.1) is 0 Å². The summed E-state index contributed by atoms with van der Waals surface area (Å²) in [5, 5.41) is 1.53. The summed E-state index contributed by atoms with van der Waals surface area (Å²) in [5.74, 6) is 5.87. The third-order valence-corrected chi connectivity index (χ3v) is 2.20. The van der Waals surface area contributed by atoms with E-state index in [1.807, 2.05) is 31.2 Å². The van der Waals surface area contributed by atoms with Gasteiger partial charge in [-0.2, -0.15) is 0 Å². The Balaban J connectivity index is 2.67. The van der Waals surface area contributed by atoms with Crippen molar-refractivity contribution in [1.29, 1.82) is 0 Å². The van der Waals surface area contributed by atoms with Crippen molar-refractivity contribution in [3.05, 3.63) is 41.7 Å². The van der Waals surface area contributed by atoms with E-state index < -0.39 is 0 Å². The van der Waals surface area contributed by atoms with Gasteiger partial charge in [-0.1, -0.05) is 12.1 Å². The molecule has 0 heterocycles. The zero-order valence-corrected chi connectivity index (χ0v) is 9.81. The lowest BCUT2D eigenvalue weighted by atomic mass is 10.2. The Bertz CT molecular complexity index is 363. The summed E-state index contributed by atoms with van der Waals surface area (Å²) in [7, 11) is 1.65. The third kappa shape index (κ3) is 3.92. The van der Waals surface area contributed by atoms with E-state index in [0.717, 1.165) is 11.3 Å². The number of benzene rings is 1. The molecule has 0 saturated heterocycles. The van der Waals surface area contributed by atoms with Crippen LogP contribution in [-0.4, -0.2) is 13.7 Å². The van der Waals surface area contributed by atoms with Gasteiger partial charge in [0.15, 0.2) is 0 Å². The lowest BCUT2D eigenvalue weighted by Crippen LogP contribution is -2.26. The smallest absolute Gasteiger partial charge is 0.0571 e. The van der Waals surface area contributed by atoms with Crippen LogP contribution in [0.3, 0.4) is 0 Å². The maximum absolute atomic E-state index is 5.87. The highest BCUT2D eigenvalue weighted by Crippen LogP contribution is 2.13. The summed E-state index contributed by atoms with van der Waals surface area (Å²) in [6, 6.07) is 7.92. The van der Waals surface area contributed by atoms with Crippen molar-refractivity contribution in [3.63, 3.8) is 0 Å². The van der Waals surface area contributed by atoms with Gasteiger partial charge in [0, 0.05) is 25.4 Å². The van der Waals surface area contributed by atoms with E-state index in [9.17, 15) is 0 Å². The van der Waals surface area contributed by atoms with Crippen LogP contribution in [0.5, 0.6) is 0 Å². The van der Waals surface area contributed by atoms with Crippen LogP contribution in [0, 0.1) is 6.92 Å². The topological polar surface area (TPSA) is 64.5 Å². The second-order valence-electron chi connectivity index (χ2n) is 3.69. The van der Waals surface area contributed by atoms with Gasteiger partial charge in [-0.3, -0.25) is 5.01 Å². The molecule has 0 spiro atoms. The molecule has 0 bridgehead atoms. The standard InChI is InChI=1S/C12H19N3O/c1-10-4-3-5-12(8-10)15(14)9-11(13)6-7-16-2/h3-5,8-9H,6-7,13-14H2,1-2H3/b11-9-. The van der Waals surface area contributed by atoms with Crippen LogP contribution in [0.4, 0.5) is 5.69 Å². The van der Waals surface area contributed by atoms with E-state index in [2.05, 4.69) is 0 Å². The van der Waals surface area contributed by atoms with Crippen molar-refractivity contribution in [1.82, 2.24) is 0 Å². The number of anilines is 1.